The van der Waals surface area contributed by atoms with E-state index in [2.05, 4.69) is 5.32 Å². The molecule has 2 aromatic carbocycles. The standard InChI is InChI=1S/C21H23Cl3N2O2S/c1-3-19(21(28)25-2)26(11-14-4-7-16(22)8-5-14)20(27)13-29-12-15-6-9-17(23)18(24)10-15/h4-10,19H,3,11-13H2,1-2H3,(H,25,28)/t19-/m1/s1. The summed E-state index contributed by atoms with van der Waals surface area (Å²) in [6, 6.07) is 12.2. The number of benzene rings is 2. The molecule has 2 amide bonds. The molecule has 0 aliphatic heterocycles. The Morgan fingerprint density at radius 2 is 1.69 bits per heavy atom. The predicted molar refractivity (Wildman–Crippen MR) is 123 cm³/mol. The van der Waals surface area contributed by atoms with Crippen LogP contribution in [-0.4, -0.2) is 35.6 Å². The number of nitrogens with one attached hydrogen (secondary N) is 1. The molecule has 2 rings (SSSR count). The smallest absolute Gasteiger partial charge is 0.242 e. The summed E-state index contributed by atoms with van der Waals surface area (Å²) in [4.78, 5) is 27.0. The van der Waals surface area contributed by atoms with E-state index < -0.39 is 6.04 Å². The van der Waals surface area contributed by atoms with Crippen molar-refractivity contribution in [2.75, 3.05) is 12.8 Å². The number of hydrogen-bond acceptors (Lipinski definition) is 3. The van der Waals surface area contributed by atoms with Crippen molar-refractivity contribution >= 4 is 58.4 Å². The van der Waals surface area contributed by atoms with Gasteiger partial charge in [0, 0.05) is 24.4 Å². The van der Waals surface area contributed by atoms with Gasteiger partial charge in [-0.3, -0.25) is 9.59 Å². The third kappa shape index (κ3) is 7.10. The molecule has 0 saturated heterocycles. The first-order valence-corrected chi connectivity index (χ1v) is 11.4. The van der Waals surface area contributed by atoms with Gasteiger partial charge in [0.05, 0.1) is 15.8 Å². The maximum atomic E-state index is 13.0. The third-order valence-corrected chi connectivity index (χ3v) is 6.36. The maximum Gasteiger partial charge on any atom is 0.242 e. The molecule has 1 N–H and O–H groups in total. The molecule has 29 heavy (non-hydrogen) atoms. The summed E-state index contributed by atoms with van der Waals surface area (Å²) in [6.07, 6.45) is 0.524. The largest absolute Gasteiger partial charge is 0.357 e. The Morgan fingerprint density at radius 3 is 2.28 bits per heavy atom. The van der Waals surface area contributed by atoms with E-state index in [4.69, 9.17) is 34.8 Å². The lowest BCUT2D eigenvalue weighted by Gasteiger charge is -2.30. The minimum absolute atomic E-state index is 0.0968. The Labute approximate surface area is 190 Å². The topological polar surface area (TPSA) is 49.4 Å². The molecule has 0 heterocycles. The highest BCUT2D eigenvalue weighted by Crippen LogP contribution is 2.25. The number of amides is 2. The van der Waals surface area contributed by atoms with Crippen LogP contribution in [0.15, 0.2) is 42.5 Å². The average Bonchev–Trinajstić information content (AvgIpc) is 2.71. The summed E-state index contributed by atoms with van der Waals surface area (Å²) < 4.78 is 0. The van der Waals surface area contributed by atoms with E-state index in [9.17, 15) is 9.59 Å². The summed E-state index contributed by atoms with van der Waals surface area (Å²) in [6.45, 7) is 2.24. The molecule has 0 spiro atoms. The van der Waals surface area contributed by atoms with E-state index in [0.29, 0.717) is 33.8 Å². The Morgan fingerprint density at radius 1 is 1.03 bits per heavy atom. The lowest BCUT2D eigenvalue weighted by Crippen LogP contribution is -2.48. The first-order valence-electron chi connectivity index (χ1n) is 9.12. The predicted octanol–water partition coefficient (Wildman–Crippen LogP) is 5.43. The molecule has 0 unspecified atom stereocenters. The second-order valence-corrected chi connectivity index (χ2v) is 8.66. The summed E-state index contributed by atoms with van der Waals surface area (Å²) >= 11 is 19.4. The maximum absolute atomic E-state index is 13.0. The zero-order valence-corrected chi connectivity index (χ0v) is 19.3. The van der Waals surface area contributed by atoms with Crippen molar-refractivity contribution in [3.63, 3.8) is 0 Å². The number of carbonyl (C=O) groups excluding carboxylic acids is 2. The van der Waals surface area contributed by atoms with Gasteiger partial charge in [-0.1, -0.05) is 59.9 Å². The number of likely N-dealkylation sites (N-methyl/N-ethyl adjacent to an activating group) is 1. The van der Waals surface area contributed by atoms with Crippen LogP contribution in [0.1, 0.15) is 24.5 Å². The van der Waals surface area contributed by atoms with Crippen LogP contribution in [0.5, 0.6) is 0 Å². The molecule has 0 aliphatic carbocycles. The van der Waals surface area contributed by atoms with Crippen LogP contribution in [0, 0.1) is 0 Å². The van der Waals surface area contributed by atoms with Crippen LogP contribution in [0.3, 0.4) is 0 Å². The highest BCUT2D eigenvalue weighted by Gasteiger charge is 2.27. The van der Waals surface area contributed by atoms with Crippen LogP contribution >= 0.6 is 46.6 Å². The molecule has 8 heteroatoms. The second-order valence-electron chi connectivity index (χ2n) is 6.43. The summed E-state index contributed by atoms with van der Waals surface area (Å²) in [7, 11) is 1.58. The van der Waals surface area contributed by atoms with Gasteiger partial charge in [0.2, 0.25) is 11.8 Å². The van der Waals surface area contributed by atoms with E-state index in [1.54, 1.807) is 36.2 Å². The van der Waals surface area contributed by atoms with E-state index in [1.165, 1.54) is 11.8 Å². The van der Waals surface area contributed by atoms with Gasteiger partial charge in [0.25, 0.3) is 0 Å². The van der Waals surface area contributed by atoms with Gasteiger partial charge in [-0.2, -0.15) is 0 Å². The van der Waals surface area contributed by atoms with Crippen molar-refractivity contribution in [1.82, 2.24) is 10.2 Å². The molecule has 0 saturated carbocycles. The van der Waals surface area contributed by atoms with Gasteiger partial charge >= 0.3 is 0 Å². The van der Waals surface area contributed by atoms with Crippen LogP contribution < -0.4 is 5.32 Å². The molecule has 0 fully saturated rings. The molecule has 1 atom stereocenters. The van der Waals surface area contributed by atoms with Crippen molar-refractivity contribution in [3.05, 3.63) is 68.7 Å². The van der Waals surface area contributed by atoms with E-state index in [1.807, 2.05) is 25.1 Å². The molecule has 156 valence electrons. The highest BCUT2D eigenvalue weighted by atomic mass is 35.5. The first kappa shape index (κ1) is 23.9. The van der Waals surface area contributed by atoms with Crippen LogP contribution in [0.2, 0.25) is 15.1 Å². The van der Waals surface area contributed by atoms with E-state index >= 15 is 0 Å². The Kier molecular flexibility index (Phi) is 9.63. The fraction of sp³-hybridized carbons (Fsp3) is 0.333. The van der Waals surface area contributed by atoms with Gasteiger partial charge in [0.15, 0.2) is 0 Å². The quantitative estimate of drug-likeness (QED) is 0.528. The molecule has 0 aliphatic rings. The fourth-order valence-electron chi connectivity index (χ4n) is 2.84. The monoisotopic (exact) mass is 472 g/mol. The van der Waals surface area contributed by atoms with Crippen LogP contribution in [0.4, 0.5) is 0 Å². The minimum atomic E-state index is -0.534. The van der Waals surface area contributed by atoms with Crippen LogP contribution in [-0.2, 0) is 21.9 Å². The van der Waals surface area contributed by atoms with Crippen molar-refractivity contribution in [2.24, 2.45) is 0 Å². The number of halogens is 3. The highest BCUT2D eigenvalue weighted by molar-refractivity contribution is 7.99. The van der Waals surface area contributed by atoms with Gasteiger partial charge in [0.1, 0.15) is 6.04 Å². The molecular weight excluding hydrogens is 451 g/mol. The van der Waals surface area contributed by atoms with Gasteiger partial charge in [-0.25, -0.2) is 0 Å². The van der Waals surface area contributed by atoms with Crippen molar-refractivity contribution in [1.29, 1.82) is 0 Å². The average molecular weight is 474 g/mol. The lowest BCUT2D eigenvalue weighted by molar-refractivity contribution is -0.139. The van der Waals surface area contributed by atoms with E-state index in [-0.39, 0.29) is 17.6 Å². The summed E-state index contributed by atoms with van der Waals surface area (Å²) in [5.41, 5.74) is 1.90. The van der Waals surface area contributed by atoms with Crippen molar-refractivity contribution < 1.29 is 9.59 Å². The number of rotatable bonds is 9. The first-order chi connectivity index (χ1) is 13.8. The zero-order valence-electron chi connectivity index (χ0n) is 16.3. The zero-order chi connectivity index (χ0) is 21.4. The van der Waals surface area contributed by atoms with Gasteiger partial charge < -0.3 is 10.2 Å². The normalized spacial score (nSPS) is 11.8. The number of carbonyl (C=O) groups is 2. The molecule has 4 nitrogen and oxygen atoms in total. The SMILES string of the molecule is CC[C@H](C(=O)NC)N(Cc1ccc(Cl)cc1)C(=O)CSCc1ccc(Cl)c(Cl)c1. The van der Waals surface area contributed by atoms with Gasteiger partial charge in [-0.15, -0.1) is 11.8 Å². The Hall–Kier alpha value is -1.40. The van der Waals surface area contributed by atoms with Crippen LogP contribution in [0.25, 0.3) is 0 Å². The molecule has 0 bridgehead atoms. The van der Waals surface area contributed by atoms with Crippen molar-refractivity contribution in [2.45, 2.75) is 31.7 Å². The molecular formula is C21H23Cl3N2O2S. The van der Waals surface area contributed by atoms with E-state index in [0.717, 1.165) is 11.1 Å². The fourth-order valence-corrected chi connectivity index (χ4v) is 4.15. The third-order valence-electron chi connectivity index (χ3n) is 4.38. The summed E-state index contributed by atoms with van der Waals surface area (Å²) in [5.74, 6) is 0.597. The molecule has 2 aromatic rings. The number of hydrogen-bond donors (Lipinski definition) is 1. The summed E-state index contributed by atoms with van der Waals surface area (Å²) in [5, 5.41) is 4.27. The Bertz CT molecular complexity index is 846. The Balaban J connectivity index is 2.08. The van der Waals surface area contributed by atoms with Gasteiger partial charge in [-0.05, 0) is 41.8 Å². The second kappa shape index (κ2) is 11.7. The molecule has 0 radical (unpaired) electrons. The number of nitrogens with zero attached hydrogens (tertiary/aromatic N) is 1. The number of thioether (sulfide) groups is 1. The minimum Gasteiger partial charge on any atom is -0.357 e. The molecule has 0 aromatic heterocycles. The lowest BCUT2D eigenvalue weighted by atomic mass is 10.1. The van der Waals surface area contributed by atoms with Crippen molar-refractivity contribution in [3.8, 4) is 0 Å².